The maximum Gasteiger partial charge on any atom is 0.296 e. The molecular weight excluding hydrogens is 625 g/mol. The molecule has 1 aliphatic rings. The molecule has 0 saturated carbocycles. The summed E-state index contributed by atoms with van der Waals surface area (Å²) < 4.78 is 1.38. The van der Waals surface area contributed by atoms with E-state index >= 15 is 0 Å². The number of nitrogens with zero attached hydrogens (tertiary/aromatic N) is 3. The molecule has 0 bridgehead atoms. The highest BCUT2D eigenvalue weighted by atomic mass is 79.9. The quantitative estimate of drug-likeness (QED) is 0.127. The van der Waals surface area contributed by atoms with Crippen LogP contribution in [0.5, 0.6) is 0 Å². The van der Waals surface area contributed by atoms with Crippen LogP contribution in [0, 0.1) is 0 Å². The number of hydrogen-bond acceptors (Lipinski definition) is 8. The highest BCUT2D eigenvalue weighted by Crippen LogP contribution is 2.44. The number of Topliss-reactive ketones (excluding diaryl/α,β-unsaturated/α-hetero) is 1. The second-order valence-corrected chi connectivity index (χ2v) is 12.5. The van der Waals surface area contributed by atoms with Gasteiger partial charge in [0.1, 0.15) is 0 Å². The van der Waals surface area contributed by atoms with Crippen LogP contribution in [0.4, 0.5) is 5.13 Å². The van der Waals surface area contributed by atoms with Crippen LogP contribution in [-0.2, 0) is 10.5 Å². The number of thiophene rings is 1. The van der Waals surface area contributed by atoms with E-state index in [0.717, 1.165) is 10.0 Å². The first kappa shape index (κ1) is 25.4. The lowest BCUT2D eigenvalue weighted by molar-refractivity contribution is -0.117. The Morgan fingerprint density at radius 3 is 2.69 bits per heavy atom. The molecule has 0 fully saturated rings. The van der Waals surface area contributed by atoms with E-state index in [4.69, 9.17) is 23.2 Å². The van der Waals surface area contributed by atoms with Crippen LogP contribution in [0.2, 0.25) is 10.0 Å². The predicted molar refractivity (Wildman–Crippen MR) is 149 cm³/mol. The maximum atomic E-state index is 13.4. The SMILES string of the molecule is O=C(C1=C(O)C(=O)N(c2nnc(SCc3ccc(Cl)cc3Cl)s2)C1c1cccc(Br)c1)c1cccs1. The number of ketones is 1. The minimum atomic E-state index is -0.860. The number of hydrogen-bond donors (Lipinski definition) is 1. The zero-order chi connectivity index (χ0) is 25.4. The molecule has 1 atom stereocenters. The first-order chi connectivity index (χ1) is 17.3. The number of rotatable bonds is 7. The van der Waals surface area contributed by atoms with Crippen LogP contribution in [0.1, 0.15) is 26.8 Å². The Labute approximate surface area is 236 Å². The standard InChI is InChI=1S/C24H14BrCl2N3O3S3/c25-14-4-1-3-12(9-14)19-18(20(31)17-5-2-8-34-17)21(32)22(33)30(19)23-28-29-24(36-23)35-11-13-6-7-15(26)10-16(13)27/h1-10,19,32H,11H2. The minimum Gasteiger partial charge on any atom is -0.503 e. The molecule has 1 unspecified atom stereocenters. The lowest BCUT2D eigenvalue weighted by Crippen LogP contribution is -2.31. The Bertz CT molecular complexity index is 1510. The van der Waals surface area contributed by atoms with Crippen molar-refractivity contribution in [2.75, 3.05) is 4.90 Å². The molecule has 1 amide bonds. The summed E-state index contributed by atoms with van der Waals surface area (Å²) in [5.41, 5.74) is 1.55. The van der Waals surface area contributed by atoms with Crippen LogP contribution < -0.4 is 4.90 Å². The molecule has 5 rings (SSSR count). The van der Waals surface area contributed by atoms with E-state index in [1.165, 1.54) is 39.3 Å². The monoisotopic (exact) mass is 637 g/mol. The molecule has 1 N–H and O–H groups in total. The number of halogens is 3. The van der Waals surface area contributed by atoms with Crippen molar-refractivity contribution in [1.82, 2.24) is 10.2 Å². The van der Waals surface area contributed by atoms with Gasteiger partial charge in [-0.3, -0.25) is 14.5 Å². The first-order valence-electron chi connectivity index (χ1n) is 10.3. The second kappa shape index (κ2) is 10.6. The number of benzene rings is 2. The average Bonchev–Trinajstić information content (AvgIpc) is 3.59. The molecule has 0 radical (unpaired) electrons. The Hall–Kier alpha value is -2.21. The summed E-state index contributed by atoms with van der Waals surface area (Å²) in [5.74, 6) is -1.16. The zero-order valence-electron chi connectivity index (χ0n) is 18.0. The number of aliphatic hydroxyl groups is 1. The molecule has 3 heterocycles. The molecule has 0 aliphatic carbocycles. The van der Waals surface area contributed by atoms with Crippen LogP contribution >= 0.6 is 73.6 Å². The summed E-state index contributed by atoms with van der Waals surface area (Å²) in [5, 5.41) is 22.5. The number of anilines is 1. The lowest BCUT2D eigenvalue weighted by Gasteiger charge is -2.24. The van der Waals surface area contributed by atoms with Gasteiger partial charge in [-0.15, -0.1) is 21.5 Å². The van der Waals surface area contributed by atoms with Gasteiger partial charge in [0.2, 0.25) is 10.9 Å². The second-order valence-electron chi connectivity index (χ2n) is 7.58. The summed E-state index contributed by atoms with van der Waals surface area (Å²) in [4.78, 5) is 28.4. The van der Waals surface area contributed by atoms with Gasteiger partial charge in [-0.1, -0.05) is 86.5 Å². The van der Waals surface area contributed by atoms with E-state index in [0.29, 0.717) is 30.6 Å². The fourth-order valence-corrected chi connectivity index (χ4v) is 7.22. The molecule has 0 spiro atoms. The van der Waals surface area contributed by atoms with E-state index in [9.17, 15) is 14.7 Å². The third-order valence-electron chi connectivity index (χ3n) is 5.33. The van der Waals surface area contributed by atoms with Crippen molar-refractivity contribution < 1.29 is 14.7 Å². The highest BCUT2D eigenvalue weighted by molar-refractivity contribution is 9.10. The molecule has 12 heteroatoms. The van der Waals surface area contributed by atoms with Gasteiger partial charge >= 0.3 is 0 Å². The van der Waals surface area contributed by atoms with Crippen molar-refractivity contribution >= 4 is 90.4 Å². The molecule has 1 aliphatic heterocycles. The van der Waals surface area contributed by atoms with Gasteiger partial charge in [-0.2, -0.15) is 0 Å². The van der Waals surface area contributed by atoms with E-state index in [2.05, 4.69) is 26.1 Å². The van der Waals surface area contributed by atoms with Gasteiger partial charge in [-0.05, 0) is 46.8 Å². The van der Waals surface area contributed by atoms with Gasteiger partial charge < -0.3 is 5.11 Å². The molecule has 0 saturated heterocycles. The number of amides is 1. The number of aromatic nitrogens is 2. The smallest absolute Gasteiger partial charge is 0.296 e. The van der Waals surface area contributed by atoms with Gasteiger partial charge in [-0.25, -0.2) is 0 Å². The fraction of sp³-hybridized carbons (Fsp3) is 0.0833. The van der Waals surface area contributed by atoms with Crippen molar-refractivity contribution in [1.29, 1.82) is 0 Å². The summed E-state index contributed by atoms with van der Waals surface area (Å²) in [6.45, 7) is 0. The molecule has 4 aromatic rings. The normalized spacial score (nSPS) is 15.7. The van der Waals surface area contributed by atoms with Crippen molar-refractivity contribution in [3.8, 4) is 0 Å². The van der Waals surface area contributed by atoms with Crippen LogP contribution in [0.3, 0.4) is 0 Å². The number of carbonyl (C=O) groups is 2. The molecular formula is C24H14BrCl2N3O3S3. The molecule has 36 heavy (non-hydrogen) atoms. The van der Waals surface area contributed by atoms with Crippen LogP contribution in [-0.4, -0.2) is 27.0 Å². The number of thioether (sulfide) groups is 1. The van der Waals surface area contributed by atoms with E-state index in [-0.39, 0.29) is 10.7 Å². The van der Waals surface area contributed by atoms with Gasteiger partial charge in [0.25, 0.3) is 5.91 Å². The fourth-order valence-electron chi connectivity index (χ4n) is 3.70. The van der Waals surface area contributed by atoms with Gasteiger partial charge in [0, 0.05) is 20.3 Å². The molecule has 2 aromatic carbocycles. The van der Waals surface area contributed by atoms with Crippen molar-refractivity contribution in [2.45, 2.75) is 16.1 Å². The van der Waals surface area contributed by atoms with E-state index in [1.54, 1.807) is 35.7 Å². The number of aliphatic hydroxyl groups excluding tert-OH is 1. The molecule has 2 aromatic heterocycles. The number of carbonyl (C=O) groups excluding carboxylic acids is 2. The van der Waals surface area contributed by atoms with Crippen LogP contribution in [0.25, 0.3) is 0 Å². The summed E-state index contributed by atoms with van der Waals surface area (Å²) >= 11 is 19.6. The Balaban J connectivity index is 1.48. The lowest BCUT2D eigenvalue weighted by atomic mass is 9.96. The maximum absolute atomic E-state index is 13.4. The van der Waals surface area contributed by atoms with Crippen molar-refractivity contribution in [3.63, 3.8) is 0 Å². The van der Waals surface area contributed by atoms with Crippen molar-refractivity contribution in [2.24, 2.45) is 0 Å². The molecule has 182 valence electrons. The Kier molecular flexibility index (Phi) is 7.52. The van der Waals surface area contributed by atoms with E-state index in [1.807, 2.05) is 24.3 Å². The Morgan fingerprint density at radius 2 is 1.97 bits per heavy atom. The summed E-state index contributed by atoms with van der Waals surface area (Å²) in [6.07, 6.45) is 0. The van der Waals surface area contributed by atoms with Crippen LogP contribution in [0.15, 0.2) is 80.1 Å². The van der Waals surface area contributed by atoms with Gasteiger partial charge in [0.05, 0.1) is 16.5 Å². The topological polar surface area (TPSA) is 83.4 Å². The third-order valence-corrected chi connectivity index (χ3v) is 9.38. The summed E-state index contributed by atoms with van der Waals surface area (Å²) in [6, 6.07) is 15.1. The summed E-state index contributed by atoms with van der Waals surface area (Å²) in [7, 11) is 0. The predicted octanol–water partition coefficient (Wildman–Crippen LogP) is 7.74. The highest BCUT2D eigenvalue weighted by Gasteiger charge is 2.46. The third kappa shape index (κ3) is 4.98. The average molecular weight is 639 g/mol. The first-order valence-corrected chi connectivity index (χ1v) is 14.6. The van der Waals surface area contributed by atoms with Gasteiger partial charge in [0.15, 0.2) is 10.1 Å². The van der Waals surface area contributed by atoms with Crippen molar-refractivity contribution in [3.05, 3.63) is 102 Å². The largest absolute Gasteiger partial charge is 0.503 e. The Morgan fingerprint density at radius 1 is 1.14 bits per heavy atom. The minimum absolute atomic E-state index is 0.0119. The molecule has 6 nitrogen and oxygen atoms in total. The van der Waals surface area contributed by atoms with E-state index < -0.39 is 23.5 Å². The zero-order valence-corrected chi connectivity index (χ0v) is 23.6.